The van der Waals surface area contributed by atoms with Crippen molar-refractivity contribution in [2.24, 2.45) is 4.36 Å². The molecule has 1 atom stereocenters. The molecule has 0 amide bonds. The minimum atomic E-state index is -2.27. The van der Waals surface area contributed by atoms with Gasteiger partial charge in [0.15, 0.2) is 0 Å². The van der Waals surface area contributed by atoms with Crippen LogP contribution < -0.4 is 0 Å². The molecule has 5 heteroatoms. The standard InChI is InChI=1S/C7H14ClNO2S/c1-2-3-4-7(8)5-6-9-12(10)11/h7H,2-6H2,1H3. The average Bonchev–Trinajstić information content (AvgIpc) is 2.00. The van der Waals surface area contributed by atoms with Crippen molar-refractivity contribution in [2.45, 2.75) is 38.0 Å². The lowest BCUT2D eigenvalue weighted by atomic mass is 10.1. The monoisotopic (exact) mass is 211 g/mol. The number of hydrogen-bond donors (Lipinski definition) is 0. The summed E-state index contributed by atoms with van der Waals surface area (Å²) in [5, 5.41) is 0.0669. The molecule has 0 aromatic rings. The topological polar surface area (TPSA) is 46.5 Å². The Balaban J connectivity index is 3.43. The van der Waals surface area contributed by atoms with Gasteiger partial charge in [0.05, 0.1) is 6.54 Å². The summed E-state index contributed by atoms with van der Waals surface area (Å²) < 4.78 is 23.3. The van der Waals surface area contributed by atoms with Crippen molar-refractivity contribution in [1.82, 2.24) is 0 Å². The zero-order valence-electron chi connectivity index (χ0n) is 7.16. The van der Waals surface area contributed by atoms with Crippen LogP contribution in [0, 0.1) is 0 Å². The number of unbranched alkanes of at least 4 members (excludes halogenated alkanes) is 1. The van der Waals surface area contributed by atoms with E-state index in [0.29, 0.717) is 13.0 Å². The maximum atomic E-state index is 9.99. The molecule has 0 aromatic heterocycles. The predicted octanol–water partition coefficient (Wildman–Crippen LogP) is 2.24. The van der Waals surface area contributed by atoms with Crippen LogP contribution in [0.15, 0.2) is 4.36 Å². The molecule has 0 saturated carbocycles. The van der Waals surface area contributed by atoms with Crippen molar-refractivity contribution in [1.29, 1.82) is 0 Å². The van der Waals surface area contributed by atoms with Crippen LogP contribution in [-0.2, 0) is 10.5 Å². The molecule has 0 rings (SSSR count). The van der Waals surface area contributed by atoms with E-state index in [1.807, 2.05) is 0 Å². The van der Waals surface area contributed by atoms with Gasteiger partial charge in [0.25, 0.3) is 0 Å². The first kappa shape index (κ1) is 11.9. The SMILES string of the molecule is CCCCC(Cl)CCN=S(=O)=O. The number of nitrogens with zero attached hydrogens (tertiary/aromatic N) is 1. The van der Waals surface area contributed by atoms with Gasteiger partial charge in [0.2, 0.25) is 0 Å². The highest BCUT2D eigenvalue weighted by atomic mass is 35.5. The van der Waals surface area contributed by atoms with E-state index in [2.05, 4.69) is 11.3 Å². The van der Waals surface area contributed by atoms with E-state index in [9.17, 15) is 8.42 Å². The number of alkyl halides is 1. The molecule has 1 unspecified atom stereocenters. The van der Waals surface area contributed by atoms with Crippen LogP contribution in [0.4, 0.5) is 0 Å². The van der Waals surface area contributed by atoms with Gasteiger partial charge in [0.1, 0.15) is 0 Å². The summed E-state index contributed by atoms with van der Waals surface area (Å²) in [5.74, 6) is 0. The van der Waals surface area contributed by atoms with E-state index < -0.39 is 10.5 Å². The van der Waals surface area contributed by atoms with Crippen molar-refractivity contribution in [3.63, 3.8) is 0 Å². The van der Waals surface area contributed by atoms with E-state index in [1.165, 1.54) is 0 Å². The second-order valence-electron chi connectivity index (χ2n) is 2.60. The van der Waals surface area contributed by atoms with Gasteiger partial charge >= 0.3 is 10.5 Å². The molecule has 0 spiro atoms. The maximum Gasteiger partial charge on any atom is 0.311 e. The summed E-state index contributed by atoms with van der Waals surface area (Å²) in [7, 11) is -2.27. The molecule has 0 aliphatic carbocycles. The average molecular weight is 212 g/mol. The van der Waals surface area contributed by atoms with Crippen molar-refractivity contribution in [2.75, 3.05) is 6.54 Å². The van der Waals surface area contributed by atoms with E-state index in [1.54, 1.807) is 0 Å². The lowest BCUT2D eigenvalue weighted by molar-refractivity contribution is 0.614. The molecular weight excluding hydrogens is 198 g/mol. The third-order valence-electron chi connectivity index (χ3n) is 1.51. The molecule has 72 valence electrons. The summed E-state index contributed by atoms with van der Waals surface area (Å²) in [4.78, 5) is 0. The molecule has 0 radical (unpaired) electrons. The Morgan fingerprint density at radius 3 is 2.58 bits per heavy atom. The molecule has 0 saturated heterocycles. The summed E-state index contributed by atoms with van der Waals surface area (Å²) in [6.07, 6.45) is 3.80. The van der Waals surface area contributed by atoms with E-state index >= 15 is 0 Å². The summed E-state index contributed by atoms with van der Waals surface area (Å²) in [6.45, 7) is 2.41. The van der Waals surface area contributed by atoms with Gasteiger partial charge in [-0.25, -0.2) is 0 Å². The Labute approximate surface area is 79.8 Å². The first-order valence-corrected chi connectivity index (χ1v) is 5.54. The normalized spacial score (nSPS) is 12.5. The molecule has 12 heavy (non-hydrogen) atoms. The molecule has 0 aliphatic heterocycles. The number of hydrogen-bond acceptors (Lipinski definition) is 3. The van der Waals surface area contributed by atoms with Gasteiger partial charge in [-0.05, 0) is 12.8 Å². The highest BCUT2D eigenvalue weighted by Gasteiger charge is 2.02. The third kappa shape index (κ3) is 8.01. The zero-order valence-corrected chi connectivity index (χ0v) is 8.74. The third-order valence-corrected chi connectivity index (χ3v) is 2.34. The highest BCUT2D eigenvalue weighted by Crippen LogP contribution is 2.10. The summed E-state index contributed by atoms with van der Waals surface area (Å²) >= 11 is 5.88. The van der Waals surface area contributed by atoms with E-state index in [-0.39, 0.29) is 5.38 Å². The molecule has 0 N–H and O–H groups in total. The predicted molar refractivity (Wildman–Crippen MR) is 50.0 cm³/mol. The van der Waals surface area contributed by atoms with Crippen LogP contribution >= 0.6 is 11.6 Å². The largest absolute Gasteiger partial charge is 0.311 e. The number of halogens is 1. The van der Waals surface area contributed by atoms with Crippen LogP contribution in [-0.4, -0.2) is 20.3 Å². The Bertz CT molecular complexity index is 218. The Morgan fingerprint density at radius 2 is 2.08 bits per heavy atom. The smallest absolute Gasteiger partial charge is 0.172 e. The first-order valence-electron chi connectivity index (χ1n) is 4.07. The van der Waals surface area contributed by atoms with Crippen molar-refractivity contribution < 1.29 is 8.42 Å². The minimum absolute atomic E-state index is 0.0669. The van der Waals surface area contributed by atoms with Gasteiger partial charge in [-0.1, -0.05) is 19.8 Å². The lowest BCUT2D eigenvalue weighted by Gasteiger charge is -2.04. The lowest BCUT2D eigenvalue weighted by Crippen LogP contribution is -2.00. The van der Waals surface area contributed by atoms with Crippen LogP contribution in [0.5, 0.6) is 0 Å². The fourth-order valence-electron chi connectivity index (χ4n) is 0.837. The highest BCUT2D eigenvalue weighted by molar-refractivity contribution is 7.61. The van der Waals surface area contributed by atoms with E-state index in [0.717, 1.165) is 19.3 Å². The number of rotatable bonds is 6. The van der Waals surface area contributed by atoms with Crippen LogP contribution in [0.1, 0.15) is 32.6 Å². The van der Waals surface area contributed by atoms with Crippen molar-refractivity contribution in [3.05, 3.63) is 0 Å². The Hall–Kier alpha value is -0.0900. The molecule has 0 bridgehead atoms. The zero-order chi connectivity index (χ0) is 9.40. The molecular formula is C7H14ClNO2S. The molecule has 0 aliphatic rings. The molecule has 3 nitrogen and oxygen atoms in total. The summed E-state index contributed by atoms with van der Waals surface area (Å²) in [5.41, 5.74) is 0. The Morgan fingerprint density at radius 1 is 1.42 bits per heavy atom. The van der Waals surface area contributed by atoms with Gasteiger partial charge in [0, 0.05) is 5.38 Å². The van der Waals surface area contributed by atoms with Crippen molar-refractivity contribution in [3.8, 4) is 0 Å². The summed E-state index contributed by atoms with van der Waals surface area (Å²) in [6, 6.07) is 0. The van der Waals surface area contributed by atoms with Crippen LogP contribution in [0.25, 0.3) is 0 Å². The quantitative estimate of drug-likeness (QED) is 0.633. The minimum Gasteiger partial charge on any atom is -0.172 e. The molecule has 0 fully saturated rings. The fraction of sp³-hybridized carbons (Fsp3) is 1.00. The van der Waals surface area contributed by atoms with Gasteiger partial charge in [-0.2, -0.15) is 12.8 Å². The van der Waals surface area contributed by atoms with Crippen LogP contribution in [0.3, 0.4) is 0 Å². The second-order valence-corrected chi connectivity index (χ2v) is 3.91. The second kappa shape index (κ2) is 7.55. The van der Waals surface area contributed by atoms with Gasteiger partial charge < -0.3 is 0 Å². The Kier molecular flexibility index (Phi) is 7.50. The van der Waals surface area contributed by atoms with Gasteiger partial charge in [-0.15, -0.1) is 11.6 Å². The fourth-order valence-corrected chi connectivity index (χ4v) is 1.34. The molecule has 0 heterocycles. The van der Waals surface area contributed by atoms with E-state index in [4.69, 9.17) is 11.6 Å². The molecule has 0 aromatic carbocycles. The van der Waals surface area contributed by atoms with Gasteiger partial charge in [-0.3, -0.25) is 0 Å². The van der Waals surface area contributed by atoms with Crippen molar-refractivity contribution >= 4 is 22.1 Å². The maximum absolute atomic E-state index is 9.99. The van der Waals surface area contributed by atoms with Crippen LogP contribution in [0.2, 0.25) is 0 Å². The first-order chi connectivity index (χ1) is 5.66.